The lowest BCUT2D eigenvalue weighted by atomic mass is 10.2. The summed E-state index contributed by atoms with van der Waals surface area (Å²) in [7, 11) is 1.97. The van der Waals surface area contributed by atoms with Crippen LogP contribution in [0.5, 0.6) is 0 Å². The Balaban J connectivity index is 2.54. The largest absolute Gasteiger partial charge is 0.319 e. The number of fused-ring (bicyclic) bond motifs is 1. The number of likely N-dealkylation sites (N-methyl/N-ethyl adjacent to an activating group) is 1. The number of pyridine rings is 1. The summed E-state index contributed by atoms with van der Waals surface area (Å²) in [6.45, 7) is 3.01. The van der Waals surface area contributed by atoms with Crippen LogP contribution >= 0.6 is 15.9 Å². The van der Waals surface area contributed by atoms with Crippen molar-refractivity contribution in [3.05, 3.63) is 34.3 Å². The molecule has 0 fully saturated rings. The Hall–Kier alpha value is -0.870. The van der Waals surface area contributed by atoms with Gasteiger partial charge in [-0.25, -0.2) is 4.98 Å². The third-order valence-electron chi connectivity index (χ3n) is 2.50. The summed E-state index contributed by atoms with van der Waals surface area (Å²) in [5.41, 5.74) is 2.43. The Morgan fingerprint density at radius 3 is 3.00 bits per heavy atom. The number of halogens is 1. The third-order valence-corrected chi connectivity index (χ3v) is 3.08. The minimum Gasteiger partial charge on any atom is -0.319 e. The van der Waals surface area contributed by atoms with Gasteiger partial charge in [0.2, 0.25) is 0 Å². The first-order valence-corrected chi connectivity index (χ1v) is 5.80. The van der Waals surface area contributed by atoms with Gasteiger partial charge in [0, 0.05) is 18.7 Å². The Kier molecular flexibility index (Phi) is 3.07. The second-order valence-corrected chi connectivity index (χ2v) is 4.29. The maximum Gasteiger partial charge on any atom is 0.132 e. The SMILES string of the molecule is CNCCc1cccc2c(Br)nc(C)n12. The zero-order chi connectivity index (χ0) is 10.8. The van der Waals surface area contributed by atoms with Crippen molar-refractivity contribution in [3.8, 4) is 0 Å². The lowest BCUT2D eigenvalue weighted by Crippen LogP contribution is -2.12. The zero-order valence-electron chi connectivity index (χ0n) is 8.92. The van der Waals surface area contributed by atoms with Gasteiger partial charge in [-0.3, -0.25) is 4.40 Å². The standard InChI is InChI=1S/C11H14BrN3/c1-8-14-11(12)10-5-3-4-9(15(8)10)6-7-13-2/h3-5,13H,6-7H2,1-2H3. The number of imidazole rings is 1. The zero-order valence-corrected chi connectivity index (χ0v) is 10.5. The predicted octanol–water partition coefficient (Wildman–Crippen LogP) is 2.17. The van der Waals surface area contributed by atoms with Crippen molar-refractivity contribution >= 4 is 21.4 Å². The van der Waals surface area contributed by atoms with E-state index in [4.69, 9.17) is 0 Å². The van der Waals surface area contributed by atoms with Crippen LogP contribution in [-0.4, -0.2) is 23.0 Å². The molecule has 15 heavy (non-hydrogen) atoms. The number of rotatable bonds is 3. The normalized spacial score (nSPS) is 11.1. The highest BCUT2D eigenvalue weighted by Gasteiger charge is 2.08. The summed E-state index contributed by atoms with van der Waals surface area (Å²) in [6, 6.07) is 6.30. The molecule has 0 saturated heterocycles. The minimum absolute atomic E-state index is 0.923. The van der Waals surface area contributed by atoms with Crippen molar-refractivity contribution in [2.24, 2.45) is 0 Å². The average Bonchev–Trinajstić information content (AvgIpc) is 2.53. The summed E-state index contributed by atoms with van der Waals surface area (Å²) in [6.07, 6.45) is 1.01. The van der Waals surface area contributed by atoms with Crippen molar-refractivity contribution in [3.63, 3.8) is 0 Å². The van der Waals surface area contributed by atoms with Gasteiger partial charge in [0.1, 0.15) is 10.4 Å². The highest BCUT2D eigenvalue weighted by molar-refractivity contribution is 9.10. The summed E-state index contributed by atoms with van der Waals surface area (Å²) >= 11 is 3.47. The molecule has 2 rings (SSSR count). The van der Waals surface area contributed by atoms with Gasteiger partial charge in [0.25, 0.3) is 0 Å². The van der Waals surface area contributed by atoms with Crippen LogP contribution in [0, 0.1) is 6.92 Å². The molecule has 2 aromatic rings. The Bertz CT molecular complexity index is 476. The summed E-state index contributed by atoms with van der Waals surface area (Å²) < 4.78 is 3.12. The van der Waals surface area contributed by atoms with Crippen molar-refractivity contribution in [1.29, 1.82) is 0 Å². The molecule has 2 heterocycles. The minimum atomic E-state index is 0.923. The smallest absolute Gasteiger partial charge is 0.132 e. The van der Waals surface area contributed by atoms with Crippen LogP contribution in [0.25, 0.3) is 5.52 Å². The van der Waals surface area contributed by atoms with Gasteiger partial charge < -0.3 is 5.32 Å². The molecule has 0 saturated carbocycles. The van der Waals surface area contributed by atoms with Crippen LogP contribution in [0.4, 0.5) is 0 Å². The molecule has 0 aliphatic rings. The first-order chi connectivity index (χ1) is 7.24. The van der Waals surface area contributed by atoms with E-state index in [1.165, 1.54) is 5.69 Å². The van der Waals surface area contributed by atoms with E-state index in [-0.39, 0.29) is 0 Å². The number of aromatic nitrogens is 2. The summed E-state index contributed by atoms with van der Waals surface area (Å²) in [5, 5.41) is 3.16. The van der Waals surface area contributed by atoms with E-state index in [9.17, 15) is 0 Å². The van der Waals surface area contributed by atoms with Crippen molar-refractivity contribution < 1.29 is 0 Å². The van der Waals surface area contributed by atoms with Gasteiger partial charge in [0.05, 0.1) is 5.52 Å². The fourth-order valence-corrected chi connectivity index (χ4v) is 2.36. The molecule has 1 N–H and O–H groups in total. The van der Waals surface area contributed by atoms with Crippen molar-refractivity contribution in [2.75, 3.05) is 13.6 Å². The quantitative estimate of drug-likeness (QED) is 0.924. The van der Waals surface area contributed by atoms with Crippen LogP contribution in [0.15, 0.2) is 22.8 Å². The maximum atomic E-state index is 4.42. The van der Waals surface area contributed by atoms with Gasteiger partial charge in [-0.2, -0.15) is 0 Å². The predicted molar refractivity (Wildman–Crippen MR) is 65.3 cm³/mol. The first-order valence-electron chi connectivity index (χ1n) is 5.01. The fourth-order valence-electron chi connectivity index (χ4n) is 1.79. The number of hydrogen-bond donors (Lipinski definition) is 1. The van der Waals surface area contributed by atoms with E-state index >= 15 is 0 Å². The van der Waals surface area contributed by atoms with Gasteiger partial charge in [-0.05, 0) is 42.0 Å². The molecule has 0 unspecified atom stereocenters. The molecule has 0 aromatic carbocycles. The van der Waals surface area contributed by atoms with E-state index < -0.39 is 0 Å². The molecule has 0 atom stereocenters. The van der Waals surface area contributed by atoms with E-state index in [1.807, 2.05) is 14.0 Å². The van der Waals surface area contributed by atoms with Gasteiger partial charge in [-0.1, -0.05) is 6.07 Å². The van der Waals surface area contributed by atoms with Crippen LogP contribution in [0.2, 0.25) is 0 Å². The van der Waals surface area contributed by atoms with Crippen LogP contribution < -0.4 is 5.32 Å². The number of hydrogen-bond acceptors (Lipinski definition) is 2. The molecule has 0 aliphatic carbocycles. The van der Waals surface area contributed by atoms with E-state index in [0.29, 0.717) is 0 Å². The summed E-state index contributed by atoms with van der Waals surface area (Å²) in [5.74, 6) is 1.03. The maximum absolute atomic E-state index is 4.42. The van der Waals surface area contributed by atoms with Crippen molar-refractivity contribution in [2.45, 2.75) is 13.3 Å². The highest BCUT2D eigenvalue weighted by atomic mass is 79.9. The highest BCUT2D eigenvalue weighted by Crippen LogP contribution is 2.20. The lowest BCUT2D eigenvalue weighted by Gasteiger charge is -2.06. The Morgan fingerprint density at radius 1 is 1.47 bits per heavy atom. The number of nitrogens with zero attached hydrogens (tertiary/aromatic N) is 2. The molecular weight excluding hydrogens is 254 g/mol. The molecule has 0 amide bonds. The monoisotopic (exact) mass is 267 g/mol. The number of aryl methyl sites for hydroxylation is 1. The molecule has 0 bridgehead atoms. The van der Waals surface area contributed by atoms with Crippen LogP contribution in [-0.2, 0) is 6.42 Å². The average molecular weight is 268 g/mol. The van der Waals surface area contributed by atoms with E-state index in [1.54, 1.807) is 0 Å². The second kappa shape index (κ2) is 4.33. The second-order valence-electron chi connectivity index (χ2n) is 3.54. The fraction of sp³-hybridized carbons (Fsp3) is 0.364. The lowest BCUT2D eigenvalue weighted by molar-refractivity contribution is 0.763. The van der Waals surface area contributed by atoms with Gasteiger partial charge >= 0.3 is 0 Å². The molecule has 0 aliphatic heterocycles. The third kappa shape index (κ3) is 1.92. The molecule has 0 spiro atoms. The molecule has 2 aromatic heterocycles. The molecule has 3 nitrogen and oxygen atoms in total. The molecule has 0 radical (unpaired) electrons. The van der Waals surface area contributed by atoms with E-state index in [0.717, 1.165) is 28.9 Å². The Labute approximate surface area is 97.6 Å². The molecule has 80 valence electrons. The topological polar surface area (TPSA) is 29.3 Å². The Morgan fingerprint density at radius 2 is 2.27 bits per heavy atom. The van der Waals surface area contributed by atoms with Gasteiger partial charge in [0.15, 0.2) is 0 Å². The van der Waals surface area contributed by atoms with E-state index in [2.05, 4.69) is 48.8 Å². The van der Waals surface area contributed by atoms with Crippen LogP contribution in [0.3, 0.4) is 0 Å². The summed E-state index contributed by atoms with van der Waals surface area (Å²) in [4.78, 5) is 4.42. The molecular formula is C11H14BrN3. The van der Waals surface area contributed by atoms with Crippen molar-refractivity contribution in [1.82, 2.24) is 14.7 Å². The molecule has 4 heteroatoms. The van der Waals surface area contributed by atoms with Gasteiger partial charge in [-0.15, -0.1) is 0 Å². The van der Waals surface area contributed by atoms with Crippen LogP contribution in [0.1, 0.15) is 11.5 Å². The first kappa shape index (κ1) is 10.6. The number of nitrogens with one attached hydrogen (secondary N) is 1.